The summed E-state index contributed by atoms with van der Waals surface area (Å²) >= 11 is 0. The van der Waals surface area contributed by atoms with Crippen LogP contribution in [-0.2, 0) is 0 Å². The standard InChI is InChI=1S/C11H16N2O/c1-4-11(14)9-5-7-10(8-6-9)12-13(2)3/h5-8,12H,4H2,1-3H3. The maximum atomic E-state index is 11.3. The average Bonchev–Trinajstić information content (AvgIpc) is 2.17. The van der Waals surface area contributed by atoms with Crippen LogP contribution in [0.1, 0.15) is 23.7 Å². The van der Waals surface area contributed by atoms with E-state index >= 15 is 0 Å². The minimum atomic E-state index is 0.182. The molecule has 0 saturated heterocycles. The molecule has 3 nitrogen and oxygen atoms in total. The molecule has 0 fully saturated rings. The summed E-state index contributed by atoms with van der Waals surface area (Å²) in [5.74, 6) is 0.182. The molecule has 0 aliphatic rings. The number of benzene rings is 1. The molecule has 0 bridgehead atoms. The van der Waals surface area contributed by atoms with Crippen molar-refractivity contribution in [1.29, 1.82) is 0 Å². The number of nitrogens with one attached hydrogen (secondary N) is 1. The minimum Gasteiger partial charge on any atom is -0.319 e. The van der Waals surface area contributed by atoms with Crippen LogP contribution in [0.3, 0.4) is 0 Å². The minimum absolute atomic E-state index is 0.182. The van der Waals surface area contributed by atoms with E-state index in [0.717, 1.165) is 11.3 Å². The number of carbonyl (C=O) groups excluding carboxylic acids is 1. The molecule has 0 aliphatic carbocycles. The Morgan fingerprint density at radius 3 is 2.29 bits per heavy atom. The number of anilines is 1. The van der Waals surface area contributed by atoms with Gasteiger partial charge in [-0.1, -0.05) is 6.92 Å². The van der Waals surface area contributed by atoms with Gasteiger partial charge in [0.15, 0.2) is 5.78 Å². The highest BCUT2D eigenvalue weighted by Crippen LogP contribution is 2.10. The molecular formula is C11H16N2O. The van der Waals surface area contributed by atoms with E-state index in [-0.39, 0.29) is 5.78 Å². The molecule has 1 rings (SSSR count). The van der Waals surface area contributed by atoms with Crippen LogP contribution in [0.4, 0.5) is 5.69 Å². The van der Waals surface area contributed by atoms with Crippen molar-refractivity contribution in [3.63, 3.8) is 0 Å². The Hall–Kier alpha value is -1.35. The van der Waals surface area contributed by atoms with Gasteiger partial charge in [0.05, 0.1) is 0 Å². The second-order valence-corrected chi connectivity index (χ2v) is 3.36. The summed E-state index contributed by atoms with van der Waals surface area (Å²) in [6.07, 6.45) is 0.556. The van der Waals surface area contributed by atoms with Gasteiger partial charge in [-0.05, 0) is 24.3 Å². The highest BCUT2D eigenvalue weighted by molar-refractivity contribution is 5.96. The van der Waals surface area contributed by atoms with Crippen LogP contribution in [-0.4, -0.2) is 24.9 Å². The monoisotopic (exact) mass is 192 g/mol. The quantitative estimate of drug-likeness (QED) is 0.586. The Labute approximate surface area is 84.7 Å². The zero-order chi connectivity index (χ0) is 10.6. The number of hydrogen-bond donors (Lipinski definition) is 1. The molecule has 0 amide bonds. The average molecular weight is 192 g/mol. The van der Waals surface area contributed by atoms with Gasteiger partial charge in [-0.2, -0.15) is 0 Å². The van der Waals surface area contributed by atoms with Crippen molar-refractivity contribution in [2.75, 3.05) is 19.5 Å². The summed E-state index contributed by atoms with van der Waals surface area (Å²) in [5, 5.41) is 1.86. The molecule has 0 aromatic heterocycles. The summed E-state index contributed by atoms with van der Waals surface area (Å²) in [4.78, 5) is 11.3. The van der Waals surface area contributed by atoms with Crippen LogP contribution in [0.15, 0.2) is 24.3 Å². The molecule has 0 atom stereocenters. The lowest BCUT2D eigenvalue weighted by atomic mass is 10.1. The first kappa shape index (κ1) is 10.7. The molecule has 0 unspecified atom stereocenters. The van der Waals surface area contributed by atoms with E-state index in [9.17, 15) is 4.79 Å². The number of carbonyl (C=O) groups is 1. The molecule has 0 spiro atoms. The molecule has 0 aliphatic heterocycles. The summed E-state index contributed by atoms with van der Waals surface area (Å²) in [6, 6.07) is 7.50. The molecule has 0 heterocycles. The van der Waals surface area contributed by atoms with Crippen LogP contribution < -0.4 is 5.43 Å². The van der Waals surface area contributed by atoms with Gasteiger partial charge in [0.2, 0.25) is 0 Å². The number of hydrogen-bond acceptors (Lipinski definition) is 3. The van der Waals surface area contributed by atoms with E-state index in [1.165, 1.54) is 0 Å². The maximum absolute atomic E-state index is 11.3. The lowest BCUT2D eigenvalue weighted by Crippen LogP contribution is -2.19. The number of rotatable bonds is 4. The van der Waals surface area contributed by atoms with Crippen molar-refractivity contribution in [3.05, 3.63) is 29.8 Å². The highest BCUT2D eigenvalue weighted by atomic mass is 16.1. The zero-order valence-corrected chi connectivity index (χ0v) is 8.87. The summed E-state index contributed by atoms with van der Waals surface area (Å²) in [6.45, 7) is 1.87. The third kappa shape index (κ3) is 2.85. The van der Waals surface area contributed by atoms with Crippen molar-refractivity contribution in [2.24, 2.45) is 0 Å². The van der Waals surface area contributed by atoms with Crippen molar-refractivity contribution in [1.82, 2.24) is 5.01 Å². The second kappa shape index (κ2) is 4.77. The molecule has 14 heavy (non-hydrogen) atoms. The van der Waals surface area contributed by atoms with Crippen LogP contribution >= 0.6 is 0 Å². The molecular weight excluding hydrogens is 176 g/mol. The lowest BCUT2D eigenvalue weighted by molar-refractivity contribution is 0.0988. The number of hydrazine groups is 1. The number of ketones is 1. The van der Waals surface area contributed by atoms with E-state index in [1.54, 1.807) is 0 Å². The zero-order valence-electron chi connectivity index (χ0n) is 8.87. The number of nitrogens with zero attached hydrogens (tertiary/aromatic N) is 1. The smallest absolute Gasteiger partial charge is 0.162 e. The Kier molecular flexibility index (Phi) is 3.65. The van der Waals surface area contributed by atoms with Crippen LogP contribution in [0, 0.1) is 0 Å². The van der Waals surface area contributed by atoms with E-state index in [2.05, 4.69) is 5.43 Å². The Morgan fingerprint density at radius 2 is 1.86 bits per heavy atom. The topological polar surface area (TPSA) is 32.3 Å². The van der Waals surface area contributed by atoms with Crippen LogP contribution in [0.5, 0.6) is 0 Å². The lowest BCUT2D eigenvalue weighted by Gasteiger charge is -2.13. The summed E-state index contributed by atoms with van der Waals surface area (Å²) in [5.41, 5.74) is 4.87. The molecule has 1 N–H and O–H groups in total. The van der Waals surface area contributed by atoms with E-state index in [4.69, 9.17) is 0 Å². The van der Waals surface area contributed by atoms with E-state index in [0.29, 0.717) is 6.42 Å². The van der Waals surface area contributed by atoms with Crippen molar-refractivity contribution in [2.45, 2.75) is 13.3 Å². The predicted molar refractivity (Wildman–Crippen MR) is 58.4 cm³/mol. The second-order valence-electron chi connectivity index (χ2n) is 3.36. The normalized spacial score (nSPS) is 10.3. The highest BCUT2D eigenvalue weighted by Gasteiger charge is 2.01. The van der Waals surface area contributed by atoms with Gasteiger partial charge in [0.25, 0.3) is 0 Å². The SMILES string of the molecule is CCC(=O)c1ccc(NN(C)C)cc1. The van der Waals surface area contributed by atoms with Gasteiger partial charge in [0, 0.05) is 31.8 Å². The fourth-order valence-corrected chi connectivity index (χ4v) is 1.19. The third-order valence-corrected chi connectivity index (χ3v) is 1.88. The molecule has 0 saturated carbocycles. The first-order chi connectivity index (χ1) is 6.63. The predicted octanol–water partition coefficient (Wildman–Crippen LogP) is 2.17. The van der Waals surface area contributed by atoms with Crippen molar-refractivity contribution < 1.29 is 4.79 Å². The Morgan fingerprint density at radius 1 is 1.29 bits per heavy atom. The molecule has 0 radical (unpaired) electrons. The van der Waals surface area contributed by atoms with Gasteiger partial charge in [-0.25, -0.2) is 5.01 Å². The molecule has 1 aromatic carbocycles. The van der Waals surface area contributed by atoms with Gasteiger partial charge >= 0.3 is 0 Å². The van der Waals surface area contributed by atoms with Gasteiger partial charge in [0.1, 0.15) is 0 Å². The maximum Gasteiger partial charge on any atom is 0.162 e. The largest absolute Gasteiger partial charge is 0.319 e. The van der Waals surface area contributed by atoms with Crippen LogP contribution in [0.25, 0.3) is 0 Å². The van der Waals surface area contributed by atoms with E-state index in [1.807, 2.05) is 50.3 Å². The molecule has 76 valence electrons. The summed E-state index contributed by atoms with van der Waals surface area (Å²) < 4.78 is 0. The molecule has 3 heteroatoms. The van der Waals surface area contributed by atoms with Gasteiger partial charge in [-0.3, -0.25) is 4.79 Å². The van der Waals surface area contributed by atoms with E-state index < -0.39 is 0 Å². The fourth-order valence-electron chi connectivity index (χ4n) is 1.19. The van der Waals surface area contributed by atoms with Crippen molar-refractivity contribution in [3.8, 4) is 0 Å². The number of Topliss-reactive ketones (excluding diaryl/α,β-unsaturated/α-hetero) is 1. The first-order valence-corrected chi connectivity index (χ1v) is 4.70. The van der Waals surface area contributed by atoms with Gasteiger partial charge in [-0.15, -0.1) is 0 Å². The fraction of sp³-hybridized carbons (Fsp3) is 0.364. The Balaban J connectivity index is 2.73. The van der Waals surface area contributed by atoms with Crippen LogP contribution in [0.2, 0.25) is 0 Å². The molecule has 1 aromatic rings. The van der Waals surface area contributed by atoms with Gasteiger partial charge < -0.3 is 5.43 Å². The summed E-state index contributed by atoms with van der Waals surface area (Å²) in [7, 11) is 3.84. The first-order valence-electron chi connectivity index (χ1n) is 4.70. The third-order valence-electron chi connectivity index (χ3n) is 1.88. The van der Waals surface area contributed by atoms with Crippen molar-refractivity contribution >= 4 is 11.5 Å². The Bertz CT molecular complexity index is 304.